The molecule has 1 heterocycles. The summed E-state index contributed by atoms with van der Waals surface area (Å²) >= 11 is 15.9. The average molecular weight is 430 g/mol. The Morgan fingerprint density at radius 1 is 1.29 bits per heavy atom. The number of amides is 2. The monoisotopic (exact) mass is 428 g/mol. The van der Waals surface area contributed by atoms with E-state index < -0.39 is 5.97 Å². The van der Waals surface area contributed by atoms with Gasteiger partial charge in [0.2, 0.25) is 0 Å². The van der Waals surface area contributed by atoms with E-state index in [1.807, 2.05) is 0 Å². The van der Waals surface area contributed by atoms with Crippen molar-refractivity contribution in [2.75, 3.05) is 4.90 Å². The number of aliphatic carboxylic acids is 1. The predicted molar refractivity (Wildman–Crippen MR) is 96.3 cm³/mol. The molecule has 1 aliphatic rings. The Labute approximate surface area is 156 Å². The minimum atomic E-state index is -0.954. The smallest absolute Gasteiger partial charge is 0.326 e. The third-order valence-electron chi connectivity index (χ3n) is 3.61. The Balaban J connectivity index is 2.21. The lowest BCUT2D eigenvalue weighted by atomic mass is 10.0. The van der Waals surface area contributed by atoms with Gasteiger partial charge < -0.3 is 10.4 Å². The van der Waals surface area contributed by atoms with E-state index >= 15 is 0 Å². The van der Waals surface area contributed by atoms with E-state index in [0.717, 1.165) is 5.56 Å². The topological polar surface area (TPSA) is 69.6 Å². The number of fused-ring (bicyclic) bond motifs is 1. The largest absolute Gasteiger partial charge is 0.481 e. The van der Waals surface area contributed by atoms with Crippen LogP contribution in [0.5, 0.6) is 0 Å². The van der Waals surface area contributed by atoms with Gasteiger partial charge in [-0.3, -0.25) is 9.69 Å². The molecule has 2 amide bonds. The van der Waals surface area contributed by atoms with Gasteiger partial charge in [0.15, 0.2) is 0 Å². The van der Waals surface area contributed by atoms with Gasteiger partial charge in [0.25, 0.3) is 0 Å². The normalized spacial score (nSPS) is 13.5. The summed E-state index contributed by atoms with van der Waals surface area (Å²) in [5, 5.41) is 12.4. The van der Waals surface area contributed by atoms with E-state index in [1.54, 1.807) is 30.3 Å². The molecule has 0 spiro atoms. The molecule has 0 atom stereocenters. The highest BCUT2D eigenvalue weighted by molar-refractivity contribution is 9.10. The number of carbonyl (C=O) groups excluding carboxylic acids is 1. The van der Waals surface area contributed by atoms with Crippen LogP contribution in [0.2, 0.25) is 10.0 Å². The molecule has 2 aromatic carbocycles. The molecule has 2 aromatic rings. The van der Waals surface area contributed by atoms with Crippen molar-refractivity contribution in [3.63, 3.8) is 0 Å². The molecular weight excluding hydrogens is 419 g/mol. The number of hydrogen-bond donors (Lipinski definition) is 2. The number of carboxylic acid groups (broad SMARTS) is 1. The minimum absolute atomic E-state index is 0.155. The van der Waals surface area contributed by atoms with Gasteiger partial charge >= 0.3 is 12.0 Å². The Kier molecular flexibility index (Phi) is 4.71. The zero-order valence-corrected chi connectivity index (χ0v) is 15.2. The van der Waals surface area contributed by atoms with Crippen molar-refractivity contribution in [2.45, 2.75) is 13.0 Å². The third-order valence-corrected chi connectivity index (χ3v) is 4.93. The van der Waals surface area contributed by atoms with E-state index in [4.69, 9.17) is 28.3 Å². The zero-order chi connectivity index (χ0) is 17.4. The van der Waals surface area contributed by atoms with Gasteiger partial charge in [-0.1, -0.05) is 45.2 Å². The summed E-state index contributed by atoms with van der Waals surface area (Å²) in [6.07, 6.45) is -0.155. The molecule has 0 saturated heterocycles. The van der Waals surface area contributed by atoms with E-state index in [-0.39, 0.29) is 12.5 Å². The van der Waals surface area contributed by atoms with Crippen molar-refractivity contribution < 1.29 is 14.7 Å². The summed E-state index contributed by atoms with van der Waals surface area (Å²) in [6.45, 7) is 0.320. The molecule has 0 saturated carbocycles. The van der Waals surface area contributed by atoms with Crippen molar-refractivity contribution >= 4 is 62.5 Å². The zero-order valence-electron chi connectivity index (χ0n) is 12.1. The van der Waals surface area contributed by atoms with Gasteiger partial charge in [-0.2, -0.15) is 0 Å². The summed E-state index contributed by atoms with van der Waals surface area (Å²) in [5.41, 5.74) is 2.30. The lowest BCUT2D eigenvalue weighted by Gasteiger charge is -2.32. The highest BCUT2D eigenvalue weighted by Gasteiger charge is 2.30. The number of carbonyl (C=O) groups is 2. The van der Waals surface area contributed by atoms with Gasteiger partial charge in [0, 0.05) is 16.6 Å². The molecule has 1 aliphatic heterocycles. The van der Waals surface area contributed by atoms with Crippen molar-refractivity contribution in [1.29, 1.82) is 0 Å². The van der Waals surface area contributed by atoms with Crippen molar-refractivity contribution in [2.24, 2.45) is 0 Å². The van der Waals surface area contributed by atoms with Crippen LogP contribution in [-0.2, 0) is 17.8 Å². The second-order valence-corrected chi connectivity index (χ2v) is 6.88. The van der Waals surface area contributed by atoms with Crippen LogP contribution < -0.4 is 10.2 Å². The second-order valence-electron chi connectivity index (χ2n) is 5.21. The van der Waals surface area contributed by atoms with Crippen LogP contribution in [0.1, 0.15) is 11.1 Å². The summed E-state index contributed by atoms with van der Waals surface area (Å²) in [7, 11) is 0. The number of urea groups is 1. The first-order valence-electron chi connectivity index (χ1n) is 6.93. The SMILES string of the molecule is O=C(O)Cc1cc(Br)c2c(c1)N(c1c(Cl)cccc1Cl)C(=O)NC2. The third kappa shape index (κ3) is 3.09. The van der Waals surface area contributed by atoms with Crippen LogP contribution in [0.4, 0.5) is 16.2 Å². The molecule has 8 heteroatoms. The molecule has 124 valence electrons. The standard InChI is InChI=1S/C16H11BrCl2N2O3/c17-10-4-8(6-14(22)23)5-13-9(10)7-20-16(24)21(13)15-11(18)2-1-3-12(15)19/h1-5H,6-7H2,(H,20,24)(H,22,23). The van der Waals surface area contributed by atoms with Gasteiger partial charge in [-0.15, -0.1) is 0 Å². The van der Waals surface area contributed by atoms with Crippen LogP contribution >= 0.6 is 39.1 Å². The molecular formula is C16H11BrCl2N2O3. The first-order chi connectivity index (χ1) is 11.4. The molecule has 3 rings (SSSR count). The maximum Gasteiger partial charge on any atom is 0.326 e. The molecule has 0 bridgehead atoms. The lowest BCUT2D eigenvalue weighted by Crippen LogP contribution is -2.41. The van der Waals surface area contributed by atoms with Crippen LogP contribution in [0, 0.1) is 0 Å². The van der Waals surface area contributed by atoms with Crippen molar-refractivity contribution in [3.05, 3.63) is 56.0 Å². The minimum Gasteiger partial charge on any atom is -0.481 e. The number of carboxylic acids is 1. The van der Waals surface area contributed by atoms with Gasteiger partial charge in [-0.25, -0.2) is 4.79 Å². The highest BCUT2D eigenvalue weighted by Crippen LogP contribution is 2.42. The summed E-state index contributed by atoms with van der Waals surface area (Å²) in [4.78, 5) is 24.9. The van der Waals surface area contributed by atoms with E-state index in [9.17, 15) is 9.59 Å². The highest BCUT2D eigenvalue weighted by atomic mass is 79.9. The number of nitrogens with zero attached hydrogens (tertiary/aromatic N) is 1. The molecule has 0 fully saturated rings. The Hall–Kier alpha value is -1.76. The maximum absolute atomic E-state index is 12.5. The molecule has 0 aromatic heterocycles. The first kappa shape index (κ1) is 17.1. The molecule has 5 nitrogen and oxygen atoms in total. The Bertz CT molecular complexity index is 837. The van der Waals surface area contributed by atoms with Crippen LogP contribution in [-0.4, -0.2) is 17.1 Å². The number of nitrogens with one attached hydrogen (secondary N) is 1. The molecule has 0 unspecified atom stereocenters. The van der Waals surface area contributed by atoms with Gasteiger partial charge in [0.1, 0.15) is 0 Å². The number of rotatable bonds is 3. The van der Waals surface area contributed by atoms with Crippen LogP contribution in [0.3, 0.4) is 0 Å². The lowest BCUT2D eigenvalue weighted by molar-refractivity contribution is -0.136. The fourth-order valence-electron chi connectivity index (χ4n) is 2.60. The molecule has 2 N–H and O–H groups in total. The van der Waals surface area contributed by atoms with E-state index in [0.29, 0.717) is 38.0 Å². The quantitative estimate of drug-likeness (QED) is 0.739. The molecule has 24 heavy (non-hydrogen) atoms. The van der Waals surface area contributed by atoms with Gasteiger partial charge in [0.05, 0.1) is 27.8 Å². The fraction of sp³-hybridized carbons (Fsp3) is 0.125. The number of benzene rings is 2. The fourth-order valence-corrected chi connectivity index (χ4v) is 3.81. The Morgan fingerprint density at radius 3 is 2.58 bits per heavy atom. The van der Waals surface area contributed by atoms with E-state index in [1.165, 1.54) is 4.90 Å². The molecule has 0 radical (unpaired) electrons. The number of anilines is 2. The van der Waals surface area contributed by atoms with Crippen LogP contribution in [0.25, 0.3) is 0 Å². The Morgan fingerprint density at radius 2 is 1.96 bits per heavy atom. The van der Waals surface area contributed by atoms with Crippen LogP contribution in [0.15, 0.2) is 34.8 Å². The predicted octanol–water partition coefficient (Wildman–Crippen LogP) is 4.74. The maximum atomic E-state index is 12.5. The van der Waals surface area contributed by atoms with Gasteiger partial charge in [-0.05, 0) is 29.8 Å². The summed E-state index contributed by atoms with van der Waals surface area (Å²) in [6, 6.07) is 8.00. The van der Waals surface area contributed by atoms with Crippen molar-refractivity contribution in [3.8, 4) is 0 Å². The first-order valence-corrected chi connectivity index (χ1v) is 8.48. The number of para-hydroxylation sites is 1. The van der Waals surface area contributed by atoms with E-state index in [2.05, 4.69) is 21.2 Å². The molecule has 0 aliphatic carbocycles. The number of hydrogen-bond acceptors (Lipinski definition) is 2. The second kappa shape index (κ2) is 6.63. The number of halogens is 3. The summed E-state index contributed by atoms with van der Waals surface area (Å²) < 4.78 is 0.712. The summed E-state index contributed by atoms with van der Waals surface area (Å²) in [5.74, 6) is -0.954. The van der Waals surface area contributed by atoms with Crippen molar-refractivity contribution in [1.82, 2.24) is 5.32 Å². The average Bonchev–Trinajstić information content (AvgIpc) is 2.48.